The number of pyridine rings is 1. The number of aryl methyl sites for hydroxylation is 1. The summed E-state index contributed by atoms with van der Waals surface area (Å²) < 4.78 is 0. The van der Waals surface area contributed by atoms with Gasteiger partial charge in [0.1, 0.15) is 5.15 Å². The van der Waals surface area contributed by atoms with Crippen LogP contribution in [0.4, 0.5) is 0 Å². The van der Waals surface area contributed by atoms with E-state index < -0.39 is 0 Å². The molecule has 0 amide bonds. The van der Waals surface area contributed by atoms with Gasteiger partial charge >= 0.3 is 0 Å². The van der Waals surface area contributed by atoms with Crippen LogP contribution in [0.1, 0.15) is 16.7 Å². The largest absolute Gasteiger partial charge is 0.361 e. The molecule has 144 valence electrons. The molecule has 0 saturated carbocycles. The predicted molar refractivity (Wildman–Crippen MR) is 124 cm³/mol. The number of halogens is 2. The molecular formula is C20H25ClIN5. The minimum Gasteiger partial charge on any atom is -0.361 e. The van der Waals surface area contributed by atoms with Crippen molar-refractivity contribution in [2.75, 3.05) is 20.1 Å². The monoisotopic (exact) mass is 497 g/mol. The highest BCUT2D eigenvalue weighted by Gasteiger charge is 2.06. The van der Waals surface area contributed by atoms with Gasteiger partial charge in [-0.2, -0.15) is 0 Å². The zero-order chi connectivity index (χ0) is 18.4. The van der Waals surface area contributed by atoms with E-state index in [4.69, 9.17) is 11.6 Å². The van der Waals surface area contributed by atoms with Crippen LogP contribution in [0, 0.1) is 6.92 Å². The highest BCUT2D eigenvalue weighted by atomic mass is 127. The fourth-order valence-electron chi connectivity index (χ4n) is 3.06. The number of hydrogen-bond donors (Lipinski definition) is 3. The standard InChI is InChI=1S/C20H24ClN5.HI/c1-14-4-3-5-17-19(14)16(13-25-17)9-11-24-20(22-2)23-10-8-15-6-7-18(21)26-12-15;/h3-7,12-13,25H,8-11H2,1-2H3,(H2,22,23,24);1H. The Bertz CT molecular complexity index is 889. The van der Waals surface area contributed by atoms with Crippen LogP contribution in [0.5, 0.6) is 0 Å². The molecule has 3 rings (SSSR count). The summed E-state index contributed by atoms with van der Waals surface area (Å²) in [5.74, 6) is 0.809. The van der Waals surface area contributed by atoms with Gasteiger partial charge in [-0.15, -0.1) is 24.0 Å². The SMILES string of the molecule is CN=C(NCCc1ccc(Cl)nc1)NCCc1c[nH]c2cccc(C)c12.I. The van der Waals surface area contributed by atoms with E-state index in [1.54, 1.807) is 13.2 Å². The van der Waals surface area contributed by atoms with Crippen LogP contribution in [0.15, 0.2) is 47.7 Å². The van der Waals surface area contributed by atoms with Gasteiger partial charge in [-0.1, -0.05) is 29.8 Å². The first-order valence-electron chi connectivity index (χ1n) is 8.78. The van der Waals surface area contributed by atoms with Crippen molar-refractivity contribution >= 4 is 52.4 Å². The van der Waals surface area contributed by atoms with Crippen molar-refractivity contribution in [2.24, 2.45) is 4.99 Å². The highest BCUT2D eigenvalue weighted by Crippen LogP contribution is 2.22. The van der Waals surface area contributed by atoms with Crippen molar-refractivity contribution < 1.29 is 0 Å². The molecule has 0 aliphatic heterocycles. The van der Waals surface area contributed by atoms with Gasteiger partial charge in [0, 0.05) is 43.4 Å². The number of aliphatic imine (C=N–C) groups is 1. The molecule has 3 aromatic rings. The molecule has 2 aromatic heterocycles. The number of benzene rings is 1. The first-order chi connectivity index (χ1) is 12.7. The van der Waals surface area contributed by atoms with E-state index in [1.165, 1.54) is 22.0 Å². The lowest BCUT2D eigenvalue weighted by Crippen LogP contribution is -2.39. The molecule has 0 fully saturated rings. The van der Waals surface area contributed by atoms with Gasteiger partial charge in [0.2, 0.25) is 0 Å². The predicted octanol–water partition coefficient (Wildman–Crippen LogP) is 4.09. The molecule has 0 atom stereocenters. The van der Waals surface area contributed by atoms with Gasteiger partial charge in [0.05, 0.1) is 0 Å². The van der Waals surface area contributed by atoms with Crippen molar-refractivity contribution in [2.45, 2.75) is 19.8 Å². The van der Waals surface area contributed by atoms with Crippen molar-refractivity contribution in [1.82, 2.24) is 20.6 Å². The van der Waals surface area contributed by atoms with Gasteiger partial charge in [-0.25, -0.2) is 4.98 Å². The normalized spacial score (nSPS) is 11.3. The molecule has 7 heteroatoms. The summed E-state index contributed by atoms with van der Waals surface area (Å²) in [5.41, 5.74) is 4.97. The molecule has 0 aliphatic rings. The van der Waals surface area contributed by atoms with E-state index in [0.717, 1.165) is 37.5 Å². The molecule has 0 saturated heterocycles. The Kier molecular flexibility index (Phi) is 8.37. The minimum atomic E-state index is 0. The van der Waals surface area contributed by atoms with Crippen LogP contribution in [0.3, 0.4) is 0 Å². The maximum Gasteiger partial charge on any atom is 0.190 e. The summed E-state index contributed by atoms with van der Waals surface area (Å²) >= 11 is 5.81. The number of aromatic nitrogens is 2. The number of hydrogen-bond acceptors (Lipinski definition) is 2. The Hall–Kier alpha value is -1.80. The van der Waals surface area contributed by atoms with E-state index in [0.29, 0.717) is 5.15 Å². The van der Waals surface area contributed by atoms with E-state index in [-0.39, 0.29) is 24.0 Å². The van der Waals surface area contributed by atoms with Gasteiger partial charge in [0.25, 0.3) is 0 Å². The zero-order valence-electron chi connectivity index (χ0n) is 15.6. The highest BCUT2D eigenvalue weighted by molar-refractivity contribution is 14.0. The number of nitrogens with one attached hydrogen (secondary N) is 3. The second kappa shape index (κ2) is 10.5. The third-order valence-corrected chi connectivity index (χ3v) is 4.62. The Morgan fingerprint density at radius 3 is 2.63 bits per heavy atom. The van der Waals surface area contributed by atoms with Crippen LogP contribution in [0.25, 0.3) is 10.9 Å². The van der Waals surface area contributed by atoms with Crippen LogP contribution in [-0.4, -0.2) is 36.1 Å². The van der Waals surface area contributed by atoms with Crippen LogP contribution < -0.4 is 10.6 Å². The maximum atomic E-state index is 5.81. The average Bonchev–Trinajstić information content (AvgIpc) is 3.06. The topological polar surface area (TPSA) is 65.1 Å². The maximum absolute atomic E-state index is 5.81. The van der Waals surface area contributed by atoms with Crippen LogP contribution >= 0.6 is 35.6 Å². The number of rotatable bonds is 6. The smallest absolute Gasteiger partial charge is 0.190 e. The molecular weight excluding hydrogens is 473 g/mol. The van der Waals surface area contributed by atoms with E-state index >= 15 is 0 Å². The zero-order valence-corrected chi connectivity index (χ0v) is 18.6. The average molecular weight is 498 g/mol. The quantitative estimate of drug-likeness (QED) is 0.208. The molecule has 5 nitrogen and oxygen atoms in total. The lowest BCUT2D eigenvalue weighted by atomic mass is 10.1. The molecule has 1 aromatic carbocycles. The fourth-order valence-corrected chi connectivity index (χ4v) is 3.18. The van der Waals surface area contributed by atoms with Gasteiger partial charge in [-0.3, -0.25) is 4.99 Å². The van der Waals surface area contributed by atoms with E-state index in [9.17, 15) is 0 Å². The molecule has 2 heterocycles. The number of nitrogens with zero attached hydrogens (tertiary/aromatic N) is 2. The first kappa shape index (κ1) is 21.5. The summed E-state index contributed by atoms with van der Waals surface area (Å²) in [7, 11) is 1.79. The fraction of sp³-hybridized carbons (Fsp3) is 0.300. The lowest BCUT2D eigenvalue weighted by molar-refractivity contribution is 0.784. The third kappa shape index (κ3) is 5.84. The molecule has 0 bridgehead atoms. The molecule has 0 unspecified atom stereocenters. The summed E-state index contributed by atoms with van der Waals surface area (Å²) in [6.07, 6.45) is 5.71. The molecule has 27 heavy (non-hydrogen) atoms. The summed E-state index contributed by atoms with van der Waals surface area (Å²) in [5, 5.41) is 8.55. The summed E-state index contributed by atoms with van der Waals surface area (Å²) in [6.45, 7) is 3.76. The van der Waals surface area contributed by atoms with Crippen molar-refractivity contribution in [3.8, 4) is 0 Å². The Morgan fingerprint density at radius 2 is 1.93 bits per heavy atom. The van der Waals surface area contributed by atoms with Gasteiger partial charge < -0.3 is 15.6 Å². The molecule has 0 aliphatic carbocycles. The Morgan fingerprint density at radius 1 is 1.15 bits per heavy atom. The van der Waals surface area contributed by atoms with Crippen molar-refractivity contribution in [1.29, 1.82) is 0 Å². The Labute approximate surface area is 182 Å². The van der Waals surface area contributed by atoms with Crippen LogP contribution in [-0.2, 0) is 12.8 Å². The molecule has 3 N–H and O–H groups in total. The van der Waals surface area contributed by atoms with Gasteiger partial charge in [0.15, 0.2) is 5.96 Å². The van der Waals surface area contributed by atoms with E-state index in [1.807, 2.05) is 12.1 Å². The summed E-state index contributed by atoms with van der Waals surface area (Å²) in [6, 6.07) is 10.2. The lowest BCUT2D eigenvalue weighted by Gasteiger charge is -2.12. The number of H-pyrrole nitrogens is 1. The first-order valence-corrected chi connectivity index (χ1v) is 9.15. The van der Waals surface area contributed by atoms with E-state index in [2.05, 4.69) is 56.9 Å². The summed E-state index contributed by atoms with van der Waals surface area (Å²) in [4.78, 5) is 11.7. The Balaban J connectivity index is 0.00000261. The van der Waals surface area contributed by atoms with Gasteiger partial charge in [-0.05, 0) is 48.6 Å². The number of guanidine groups is 1. The minimum absolute atomic E-state index is 0. The second-order valence-electron chi connectivity index (χ2n) is 6.23. The number of fused-ring (bicyclic) bond motifs is 1. The molecule has 0 radical (unpaired) electrons. The van der Waals surface area contributed by atoms with Crippen LogP contribution in [0.2, 0.25) is 5.15 Å². The second-order valence-corrected chi connectivity index (χ2v) is 6.61. The third-order valence-electron chi connectivity index (χ3n) is 4.40. The van der Waals surface area contributed by atoms with Crippen molar-refractivity contribution in [3.05, 3.63) is 64.6 Å². The number of aromatic amines is 1. The van der Waals surface area contributed by atoms with Crippen molar-refractivity contribution in [3.63, 3.8) is 0 Å². The molecule has 0 spiro atoms.